The van der Waals surface area contributed by atoms with E-state index in [1.165, 1.54) is 0 Å². The van der Waals surface area contributed by atoms with Gasteiger partial charge in [0, 0.05) is 12.1 Å². The summed E-state index contributed by atoms with van der Waals surface area (Å²) in [6.07, 6.45) is 4.01. The van der Waals surface area contributed by atoms with E-state index in [1.807, 2.05) is 0 Å². The summed E-state index contributed by atoms with van der Waals surface area (Å²) in [7, 11) is -3.49. The summed E-state index contributed by atoms with van der Waals surface area (Å²) < 4.78 is 27.8. The summed E-state index contributed by atoms with van der Waals surface area (Å²) in [6, 6.07) is 8.49. The van der Waals surface area contributed by atoms with Crippen LogP contribution in [0.5, 0.6) is 0 Å². The molecule has 2 rings (SSSR count). The van der Waals surface area contributed by atoms with Crippen LogP contribution in [0.15, 0.2) is 35.2 Å². The van der Waals surface area contributed by atoms with Gasteiger partial charge in [-0.1, -0.05) is 38.0 Å². The molecule has 1 aromatic carbocycles. The zero-order valence-corrected chi connectivity index (χ0v) is 12.1. The lowest BCUT2D eigenvalue weighted by Gasteiger charge is -2.42. The van der Waals surface area contributed by atoms with Crippen LogP contribution >= 0.6 is 0 Å². The van der Waals surface area contributed by atoms with Crippen molar-refractivity contribution in [2.24, 2.45) is 11.7 Å². The summed E-state index contributed by atoms with van der Waals surface area (Å²) in [6.45, 7) is 2.43. The summed E-state index contributed by atoms with van der Waals surface area (Å²) in [5.74, 6) is 0.268. The molecule has 1 aliphatic rings. The molecule has 0 heterocycles. The van der Waals surface area contributed by atoms with E-state index in [0.29, 0.717) is 11.4 Å². The molecule has 0 spiro atoms. The Morgan fingerprint density at radius 1 is 1.32 bits per heavy atom. The van der Waals surface area contributed by atoms with Gasteiger partial charge in [-0.05, 0) is 30.9 Å². The molecular formula is C14H22N2O2S. The van der Waals surface area contributed by atoms with E-state index in [2.05, 4.69) is 11.6 Å². The topological polar surface area (TPSA) is 72.2 Å². The Kier molecular flexibility index (Phi) is 4.28. The van der Waals surface area contributed by atoms with Crippen LogP contribution in [0.1, 0.15) is 32.6 Å². The standard InChI is InChI=1S/C14H22N2O2S/c1-12-7-5-6-10-14(12,11-15)16-19(17,18)13-8-3-2-4-9-13/h2-4,8-9,12,16H,5-7,10-11,15H2,1H3. The average molecular weight is 282 g/mol. The van der Waals surface area contributed by atoms with Crippen LogP contribution in [0.25, 0.3) is 0 Å². The minimum Gasteiger partial charge on any atom is -0.329 e. The van der Waals surface area contributed by atoms with Gasteiger partial charge in [0.15, 0.2) is 0 Å². The van der Waals surface area contributed by atoms with E-state index in [0.717, 1.165) is 25.7 Å². The van der Waals surface area contributed by atoms with E-state index in [1.54, 1.807) is 30.3 Å². The first-order valence-corrected chi connectivity index (χ1v) is 8.28. The molecule has 4 nitrogen and oxygen atoms in total. The fraction of sp³-hybridized carbons (Fsp3) is 0.571. The Morgan fingerprint density at radius 3 is 2.58 bits per heavy atom. The molecular weight excluding hydrogens is 260 g/mol. The predicted molar refractivity (Wildman–Crippen MR) is 76.2 cm³/mol. The summed E-state index contributed by atoms with van der Waals surface area (Å²) >= 11 is 0. The lowest BCUT2D eigenvalue weighted by Crippen LogP contribution is -2.58. The van der Waals surface area contributed by atoms with Gasteiger partial charge in [-0.25, -0.2) is 13.1 Å². The summed E-state index contributed by atoms with van der Waals surface area (Å²) in [5.41, 5.74) is 5.39. The fourth-order valence-corrected chi connectivity index (χ4v) is 4.39. The van der Waals surface area contributed by atoms with Crippen molar-refractivity contribution in [3.63, 3.8) is 0 Å². The molecule has 3 N–H and O–H groups in total. The molecule has 0 amide bonds. The summed E-state index contributed by atoms with van der Waals surface area (Å²) in [4.78, 5) is 0.306. The van der Waals surface area contributed by atoms with Crippen LogP contribution in [0.4, 0.5) is 0 Å². The number of nitrogens with one attached hydrogen (secondary N) is 1. The van der Waals surface area contributed by atoms with Gasteiger partial charge in [0.1, 0.15) is 0 Å². The van der Waals surface area contributed by atoms with Gasteiger partial charge in [-0.3, -0.25) is 0 Å². The van der Waals surface area contributed by atoms with Gasteiger partial charge in [0.2, 0.25) is 10.0 Å². The normalized spacial score (nSPS) is 28.2. The van der Waals surface area contributed by atoms with E-state index in [9.17, 15) is 8.42 Å². The second-order valence-electron chi connectivity index (χ2n) is 5.43. The van der Waals surface area contributed by atoms with Crippen LogP contribution in [-0.4, -0.2) is 20.5 Å². The van der Waals surface area contributed by atoms with Crippen molar-refractivity contribution in [3.05, 3.63) is 30.3 Å². The lowest BCUT2D eigenvalue weighted by molar-refractivity contribution is 0.191. The third-order valence-corrected chi connectivity index (χ3v) is 5.78. The minimum atomic E-state index is -3.49. The van der Waals surface area contributed by atoms with Crippen LogP contribution in [0, 0.1) is 5.92 Å². The molecule has 0 saturated heterocycles. The Morgan fingerprint density at radius 2 is 2.00 bits per heavy atom. The van der Waals surface area contributed by atoms with Crippen LogP contribution < -0.4 is 10.5 Å². The largest absolute Gasteiger partial charge is 0.329 e. The summed E-state index contributed by atoms with van der Waals surface area (Å²) in [5, 5.41) is 0. The van der Waals surface area contributed by atoms with E-state index in [4.69, 9.17) is 5.73 Å². The van der Waals surface area contributed by atoms with Crippen molar-refractivity contribution >= 4 is 10.0 Å². The van der Waals surface area contributed by atoms with Crippen molar-refractivity contribution in [2.75, 3.05) is 6.54 Å². The van der Waals surface area contributed by atoms with Crippen molar-refractivity contribution in [3.8, 4) is 0 Å². The smallest absolute Gasteiger partial charge is 0.241 e. The molecule has 0 aromatic heterocycles. The molecule has 0 bridgehead atoms. The molecule has 1 aliphatic carbocycles. The number of hydrogen-bond donors (Lipinski definition) is 2. The number of nitrogens with two attached hydrogens (primary N) is 1. The highest BCUT2D eigenvalue weighted by molar-refractivity contribution is 7.89. The average Bonchev–Trinajstić information content (AvgIpc) is 2.42. The molecule has 5 heteroatoms. The number of sulfonamides is 1. The minimum absolute atomic E-state index is 0.268. The molecule has 106 valence electrons. The van der Waals surface area contributed by atoms with Gasteiger partial charge in [0.05, 0.1) is 4.90 Å². The number of hydrogen-bond acceptors (Lipinski definition) is 3. The van der Waals surface area contributed by atoms with Crippen LogP contribution in [0.3, 0.4) is 0 Å². The van der Waals surface area contributed by atoms with E-state index in [-0.39, 0.29) is 5.92 Å². The van der Waals surface area contributed by atoms with E-state index >= 15 is 0 Å². The SMILES string of the molecule is CC1CCCCC1(CN)NS(=O)(=O)c1ccccc1. The molecule has 2 unspecified atom stereocenters. The molecule has 2 atom stereocenters. The van der Waals surface area contributed by atoms with Crippen molar-refractivity contribution in [2.45, 2.75) is 43.0 Å². The molecule has 1 fully saturated rings. The maximum atomic E-state index is 12.4. The molecule has 1 saturated carbocycles. The zero-order valence-electron chi connectivity index (χ0n) is 11.3. The Bertz CT molecular complexity index is 516. The molecule has 0 aliphatic heterocycles. The second kappa shape index (κ2) is 5.61. The molecule has 0 radical (unpaired) electrons. The lowest BCUT2D eigenvalue weighted by atomic mass is 9.74. The maximum absolute atomic E-state index is 12.4. The molecule has 19 heavy (non-hydrogen) atoms. The molecule has 1 aromatic rings. The first-order valence-electron chi connectivity index (χ1n) is 6.79. The highest BCUT2D eigenvalue weighted by atomic mass is 32.2. The third kappa shape index (κ3) is 2.99. The monoisotopic (exact) mass is 282 g/mol. The van der Waals surface area contributed by atoms with Gasteiger partial charge >= 0.3 is 0 Å². The third-order valence-electron chi connectivity index (χ3n) is 4.21. The maximum Gasteiger partial charge on any atom is 0.241 e. The zero-order chi connectivity index (χ0) is 13.9. The fourth-order valence-electron chi connectivity index (χ4n) is 2.84. The van der Waals surface area contributed by atoms with Crippen LogP contribution in [-0.2, 0) is 10.0 Å². The Labute approximate surface area is 115 Å². The first kappa shape index (κ1) is 14.5. The predicted octanol–water partition coefficient (Wildman–Crippen LogP) is 1.87. The van der Waals surface area contributed by atoms with Crippen LogP contribution in [0.2, 0.25) is 0 Å². The van der Waals surface area contributed by atoms with Crippen molar-refractivity contribution < 1.29 is 8.42 Å². The first-order chi connectivity index (χ1) is 9.00. The Balaban J connectivity index is 2.27. The quantitative estimate of drug-likeness (QED) is 0.885. The second-order valence-corrected chi connectivity index (χ2v) is 7.11. The number of benzene rings is 1. The van der Waals surface area contributed by atoms with Gasteiger partial charge in [-0.2, -0.15) is 0 Å². The van der Waals surface area contributed by atoms with Gasteiger partial charge in [0.25, 0.3) is 0 Å². The number of rotatable bonds is 4. The van der Waals surface area contributed by atoms with Gasteiger partial charge in [-0.15, -0.1) is 0 Å². The van der Waals surface area contributed by atoms with Crippen molar-refractivity contribution in [1.29, 1.82) is 0 Å². The van der Waals surface area contributed by atoms with Crippen molar-refractivity contribution in [1.82, 2.24) is 4.72 Å². The Hall–Kier alpha value is -0.910. The highest BCUT2D eigenvalue weighted by Crippen LogP contribution is 2.34. The van der Waals surface area contributed by atoms with Gasteiger partial charge < -0.3 is 5.73 Å². The highest BCUT2D eigenvalue weighted by Gasteiger charge is 2.40. The van der Waals surface area contributed by atoms with E-state index < -0.39 is 15.6 Å².